The fourth-order valence-electron chi connectivity index (χ4n) is 3.53. The van der Waals surface area contributed by atoms with Gasteiger partial charge in [0.1, 0.15) is 0 Å². The summed E-state index contributed by atoms with van der Waals surface area (Å²) in [5.74, 6) is 1.59. The third kappa shape index (κ3) is 4.11. The fourth-order valence-corrected chi connectivity index (χ4v) is 3.53. The molecule has 2 N–H and O–H groups in total. The summed E-state index contributed by atoms with van der Waals surface area (Å²) in [7, 11) is 0. The molecule has 0 aromatic rings. The minimum Gasteiger partial charge on any atom is -0.353 e. The molecule has 1 amide bonds. The van der Waals surface area contributed by atoms with Crippen LogP contribution < -0.4 is 10.6 Å². The average Bonchev–Trinajstić information content (AvgIpc) is 2.25. The lowest BCUT2D eigenvalue weighted by Gasteiger charge is -2.42. The zero-order valence-electron chi connectivity index (χ0n) is 13.4. The van der Waals surface area contributed by atoms with Gasteiger partial charge >= 0.3 is 0 Å². The van der Waals surface area contributed by atoms with E-state index in [0.717, 1.165) is 19.5 Å². The Kier molecular flexibility index (Phi) is 6.33. The molecule has 1 heterocycles. The molecule has 3 atom stereocenters. The summed E-state index contributed by atoms with van der Waals surface area (Å²) >= 11 is 0. The molecule has 1 aliphatic heterocycles. The van der Waals surface area contributed by atoms with Gasteiger partial charge < -0.3 is 10.6 Å². The first-order valence-corrected chi connectivity index (χ1v) is 7.90. The predicted octanol–water partition coefficient (Wildman–Crippen LogP) is 2.98. The molecule has 3 nitrogen and oxygen atoms in total. The van der Waals surface area contributed by atoms with Crippen molar-refractivity contribution in [2.24, 2.45) is 23.2 Å². The summed E-state index contributed by atoms with van der Waals surface area (Å²) in [4.78, 5) is 12.4. The molecule has 1 aliphatic carbocycles. The maximum Gasteiger partial charge on any atom is 0.223 e. The zero-order chi connectivity index (χ0) is 14.0. The molecule has 0 radical (unpaired) electrons. The van der Waals surface area contributed by atoms with Gasteiger partial charge in [-0.05, 0) is 43.2 Å². The number of halogens is 1. The third-order valence-corrected chi connectivity index (χ3v) is 5.14. The molecule has 2 rings (SSSR count). The summed E-state index contributed by atoms with van der Waals surface area (Å²) in [6, 6.07) is 0.386. The highest BCUT2D eigenvalue weighted by Gasteiger charge is 2.36. The van der Waals surface area contributed by atoms with Crippen molar-refractivity contribution in [3.05, 3.63) is 0 Å². The summed E-state index contributed by atoms with van der Waals surface area (Å²) in [6.07, 6.45) is 4.99. The highest BCUT2D eigenvalue weighted by atomic mass is 35.5. The van der Waals surface area contributed by atoms with Crippen molar-refractivity contribution < 1.29 is 4.79 Å². The lowest BCUT2D eigenvalue weighted by Crippen LogP contribution is -2.53. The number of hydrogen-bond acceptors (Lipinski definition) is 2. The van der Waals surface area contributed by atoms with Crippen LogP contribution in [0.3, 0.4) is 0 Å². The molecular formula is C16H31ClN2O. The van der Waals surface area contributed by atoms with E-state index in [1.165, 1.54) is 19.3 Å². The van der Waals surface area contributed by atoms with Gasteiger partial charge in [0.25, 0.3) is 0 Å². The van der Waals surface area contributed by atoms with Gasteiger partial charge in [0.05, 0.1) is 0 Å². The van der Waals surface area contributed by atoms with Gasteiger partial charge in [0.2, 0.25) is 5.91 Å². The molecule has 0 bridgehead atoms. The topological polar surface area (TPSA) is 41.1 Å². The van der Waals surface area contributed by atoms with E-state index in [-0.39, 0.29) is 24.2 Å². The Labute approximate surface area is 130 Å². The standard InChI is InChI=1S/C16H30N2O.ClH/c1-11(12-9-17-10-12)15(19)18-14-8-6-5-7-13(14)16(2,3)4;/h11-14,17H,5-10H2,1-4H3,(H,18,19);1H. The zero-order valence-corrected chi connectivity index (χ0v) is 14.2. The highest BCUT2D eigenvalue weighted by molar-refractivity contribution is 5.85. The van der Waals surface area contributed by atoms with Crippen molar-refractivity contribution in [3.8, 4) is 0 Å². The van der Waals surface area contributed by atoms with Crippen LogP contribution in [-0.4, -0.2) is 25.0 Å². The molecule has 118 valence electrons. The van der Waals surface area contributed by atoms with Crippen LogP contribution in [0, 0.1) is 23.2 Å². The predicted molar refractivity (Wildman–Crippen MR) is 86.1 cm³/mol. The Bertz CT molecular complexity index is 323. The molecule has 1 saturated carbocycles. The maximum absolute atomic E-state index is 12.4. The molecule has 1 saturated heterocycles. The van der Waals surface area contributed by atoms with Crippen LogP contribution >= 0.6 is 12.4 Å². The lowest BCUT2D eigenvalue weighted by molar-refractivity contribution is -0.128. The Morgan fingerprint density at radius 1 is 1.20 bits per heavy atom. The van der Waals surface area contributed by atoms with E-state index < -0.39 is 0 Å². The Hall–Kier alpha value is -0.280. The molecule has 3 unspecified atom stereocenters. The maximum atomic E-state index is 12.4. The van der Waals surface area contributed by atoms with Crippen LogP contribution in [0.1, 0.15) is 53.4 Å². The quantitative estimate of drug-likeness (QED) is 0.841. The SMILES string of the molecule is CC(C(=O)NC1CCCCC1C(C)(C)C)C1CNC1.Cl. The second kappa shape index (κ2) is 7.13. The van der Waals surface area contributed by atoms with Crippen molar-refractivity contribution in [3.63, 3.8) is 0 Å². The monoisotopic (exact) mass is 302 g/mol. The van der Waals surface area contributed by atoms with Crippen LogP contribution in [-0.2, 0) is 4.79 Å². The van der Waals surface area contributed by atoms with E-state index in [1.54, 1.807) is 0 Å². The van der Waals surface area contributed by atoms with Crippen molar-refractivity contribution in [2.45, 2.75) is 59.4 Å². The Morgan fingerprint density at radius 3 is 2.30 bits per heavy atom. The highest BCUT2D eigenvalue weighted by Crippen LogP contribution is 2.38. The van der Waals surface area contributed by atoms with Crippen LogP contribution in [0.25, 0.3) is 0 Å². The summed E-state index contributed by atoms with van der Waals surface area (Å²) in [5.41, 5.74) is 0.291. The Balaban J connectivity index is 0.00000200. The van der Waals surface area contributed by atoms with Crippen LogP contribution in [0.15, 0.2) is 0 Å². The largest absolute Gasteiger partial charge is 0.353 e. The summed E-state index contributed by atoms with van der Waals surface area (Å²) in [6.45, 7) is 11.0. The van der Waals surface area contributed by atoms with Crippen molar-refractivity contribution in [1.82, 2.24) is 10.6 Å². The number of nitrogens with one attached hydrogen (secondary N) is 2. The van der Waals surface area contributed by atoms with E-state index in [9.17, 15) is 4.79 Å². The van der Waals surface area contributed by atoms with E-state index in [1.807, 2.05) is 0 Å². The number of amides is 1. The second-order valence-electron chi connectivity index (χ2n) is 7.58. The number of carbonyl (C=O) groups excluding carboxylic acids is 1. The van der Waals surface area contributed by atoms with Gasteiger partial charge in [-0.1, -0.05) is 40.5 Å². The summed E-state index contributed by atoms with van der Waals surface area (Å²) in [5, 5.41) is 6.61. The first kappa shape index (κ1) is 17.8. The molecule has 0 aromatic carbocycles. The van der Waals surface area contributed by atoms with E-state index in [4.69, 9.17) is 0 Å². The molecule has 4 heteroatoms. The normalized spacial score (nSPS) is 29.0. The van der Waals surface area contributed by atoms with E-state index >= 15 is 0 Å². The van der Waals surface area contributed by atoms with E-state index in [2.05, 4.69) is 38.3 Å². The van der Waals surface area contributed by atoms with E-state index in [0.29, 0.717) is 23.3 Å². The van der Waals surface area contributed by atoms with Gasteiger partial charge in [0, 0.05) is 12.0 Å². The molecule has 2 fully saturated rings. The first-order chi connectivity index (χ1) is 8.89. The fraction of sp³-hybridized carbons (Fsp3) is 0.938. The van der Waals surface area contributed by atoms with Gasteiger partial charge in [-0.25, -0.2) is 0 Å². The molecule has 2 aliphatic rings. The van der Waals surface area contributed by atoms with Crippen LogP contribution in [0.5, 0.6) is 0 Å². The van der Waals surface area contributed by atoms with Crippen molar-refractivity contribution in [2.75, 3.05) is 13.1 Å². The molecule has 0 spiro atoms. The van der Waals surface area contributed by atoms with Gasteiger partial charge in [-0.2, -0.15) is 0 Å². The van der Waals surface area contributed by atoms with Crippen LogP contribution in [0.4, 0.5) is 0 Å². The molecule has 20 heavy (non-hydrogen) atoms. The smallest absolute Gasteiger partial charge is 0.223 e. The minimum absolute atomic E-state index is 0. The number of rotatable bonds is 3. The van der Waals surface area contributed by atoms with Gasteiger partial charge in [-0.15, -0.1) is 12.4 Å². The second-order valence-corrected chi connectivity index (χ2v) is 7.58. The minimum atomic E-state index is 0. The third-order valence-electron chi connectivity index (χ3n) is 5.14. The molecule has 0 aromatic heterocycles. The lowest BCUT2D eigenvalue weighted by atomic mass is 9.69. The molecular weight excluding hydrogens is 272 g/mol. The number of carbonyl (C=O) groups is 1. The van der Waals surface area contributed by atoms with Crippen molar-refractivity contribution >= 4 is 18.3 Å². The summed E-state index contributed by atoms with van der Waals surface area (Å²) < 4.78 is 0. The van der Waals surface area contributed by atoms with Gasteiger partial charge in [0.15, 0.2) is 0 Å². The van der Waals surface area contributed by atoms with Gasteiger partial charge in [-0.3, -0.25) is 4.79 Å². The van der Waals surface area contributed by atoms with Crippen LogP contribution in [0.2, 0.25) is 0 Å². The van der Waals surface area contributed by atoms with Crippen molar-refractivity contribution in [1.29, 1.82) is 0 Å². The average molecular weight is 303 g/mol. The first-order valence-electron chi connectivity index (χ1n) is 7.90. The number of hydrogen-bond donors (Lipinski definition) is 2. The Morgan fingerprint density at radius 2 is 1.80 bits per heavy atom.